The predicted octanol–water partition coefficient (Wildman–Crippen LogP) is 0.474. The van der Waals surface area contributed by atoms with Crippen LogP contribution in [0.1, 0.15) is 11.6 Å². The molecular formula is C8H6FNO4. The molecule has 1 heterocycles. The topological polar surface area (TPSA) is 87.5 Å². The first kappa shape index (κ1) is 10.1. The van der Waals surface area contributed by atoms with Crippen LogP contribution in [0.3, 0.4) is 0 Å². The minimum absolute atomic E-state index is 0.202. The van der Waals surface area contributed by atoms with E-state index in [-0.39, 0.29) is 5.69 Å². The zero-order chi connectivity index (χ0) is 10.7. The van der Waals surface area contributed by atoms with Gasteiger partial charge in [0, 0.05) is 0 Å². The quantitative estimate of drug-likeness (QED) is 0.691. The van der Waals surface area contributed by atoms with E-state index in [1.54, 1.807) is 0 Å². The Bertz CT molecular complexity index is 348. The highest BCUT2D eigenvalue weighted by Gasteiger charge is 2.28. The van der Waals surface area contributed by atoms with Crippen LogP contribution >= 0.6 is 0 Å². The molecule has 0 fully saturated rings. The Morgan fingerprint density at radius 3 is 2.21 bits per heavy atom. The van der Waals surface area contributed by atoms with E-state index in [1.165, 1.54) is 0 Å². The van der Waals surface area contributed by atoms with Gasteiger partial charge in [0.2, 0.25) is 0 Å². The lowest BCUT2D eigenvalue weighted by molar-refractivity contribution is -0.150. The first-order valence-corrected chi connectivity index (χ1v) is 3.59. The van der Waals surface area contributed by atoms with E-state index in [2.05, 4.69) is 4.98 Å². The van der Waals surface area contributed by atoms with Crippen LogP contribution in [0, 0.1) is 5.82 Å². The lowest BCUT2D eigenvalue weighted by atomic mass is 10.1. The molecule has 74 valence electrons. The van der Waals surface area contributed by atoms with E-state index in [9.17, 15) is 14.0 Å². The van der Waals surface area contributed by atoms with Crippen molar-refractivity contribution in [2.45, 2.75) is 5.92 Å². The third-order valence-electron chi connectivity index (χ3n) is 1.54. The molecule has 0 aliphatic carbocycles. The Hall–Kier alpha value is -1.98. The van der Waals surface area contributed by atoms with Gasteiger partial charge in [-0.2, -0.15) is 0 Å². The first-order valence-electron chi connectivity index (χ1n) is 3.59. The summed E-state index contributed by atoms with van der Waals surface area (Å²) in [6, 6.07) is 1.99. The molecule has 0 spiro atoms. The van der Waals surface area contributed by atoms with Gasteiger partial charge in [-0.25, -0.2) is 4.39 Å². The number of pyridine rings is 1. The fraction of sp³-hybridized carbons (Fsp3) is 0.125. The van der Waals surface area contributed by atoms with Crippen LogP contribution in [-0.4, -0.2) is 27.1 Å². The first-order chi connectivity index (χ1) is 6.52. The zero-order valence-corrected chi connectivity index (χ0v) is 6.85. The molecule has 0 unspecified atom stereocenters. The molecule has 0 atom stereocenters. The second-order valence-corrected chi connectivity index (χ2v) is 2.51. The molecule has 2 N–H and O–H groups in total. The number of hydrogen-bond acceptors (Lipinski definition) is 3. The van der Waals surface area contributed by atoms with E-state index in [4.69, 9.17) is 10.2 Å². The fourth-order valence-corrected chi connectivity index (χ4v) is 0.917. The number of carbonyl (C=O) groups is 2. The number of carboxylic acids is 2. The van der Waals surface area contributed by atoms with Crippen LogP contribution in [0.2, 0.25) is 0 Å². The summed E-state index contributed by atoms with van der Waals surface area (Å²) >= 11 is 0. The van der Waals surface area contributed by atoms with Gasteiger partial charge in [-0.05, 0) is 12.1 Å². The van der Waals surface area contributed by atoms with Crippen LogP contribution in [-0.2, 0) is 9.59 Å². The maximum absolute atomic E-state index is 12.4. The number of aromatic nitrogens is 1. The summed E-state index contributed by atoms with van der Waals surface area (Å²) in [4.78, 5) is 24.4. The second-order valence-electron chi connectivity index (χ2n) is 2.51. The fourth-order valence-electron chi connectivity index (χ4n) is 0.917. The van der Waals surface area contributed by atoms with Crippen LogP contribution < -0.4 is 0 Å². The number of aliphatic carboxylic acids is 2. The molecule has 0 aliphatic rings. The van der Waals surface area contributed by atoms with Gasteiger partial charge < -0.3 is 10.2 Å². The van der Waals surface area contributed by atoms with E-state index < -0.39 is 23.7 Å². The van der Waals surface area contributed by atoms with Crippen molar-refractivity contribution in [3.8, 4) is 0 Å². The molecule has 1 rings (SSSR count). The highest BCUT2D eigenvalue weighted by Crippen LogP contribution is 2.13. The van der Waals surface area contributed by atoms with E-state index >= 15 is 0 Å². The summed E-state index contributed by atoms with van der Waals surface area (Å²) < 4.78 is 12.4. The third kappa shape index (κ3) is 2.03. The van der Waals surface area contributed by atoms with E-state index in [1.807, 2.05) is 0 Å². The van der Waals surface area contributed by atoms with Crippen LogP contribution in [0.4, 0.5) is 4.39 Å². The molecule has 0 amide bonds. The normalized spacial score (nSPS) is 10.1. The number of halogens is 1. The van der Waals surface area contributed by atoms with E-state index in [0.29, 0.717) is 0 Å². The van der Waals surface area contributed by atoms with Crippen molar-refractivity contribution in [2.24, 2.45) is 0 Å². The van der Waals surface area contributed by atoms with Crippen molar-refractivity contribution in [3.05, 3.63) is 29.8 Å². The molecular weight excluding hydrogens is 193 g/mol. The van der Waals surface area contributed by atoms with Gasteiger partial charge in [0.05, 0.1) is 11.9 Å². The smallest absolute Gasteiger partial charge is 0.324 e. The molecule has 0 radical (unpaired) electrons. The molecule has 0 bridgehead atoms. The van der Waals surface area contributed by atoms with E-state index in [0.717, 1.165) is 18.3 Å². The summed E-state index contributed by atoms with van der Waals surface area (Å²) in [6.45, 7) is 0. The van der Waals surface area contributed by atoms with Gasteiger partial charge in [-0.1, -0.05) is 0 Å². The van der Waals surface area contributed by atoms with Crippen molar-refractivity contribution >= 4 is 11.9 Å². The molecule has 0 saturated carbocycles. The van der Waals surface area contributed by atoms with Crippen molar-refractivity contribution < 1.29 is 24.2 Å². The van der Waals surface area contributed by atoms with Crippen LogP contribution in [0.15, 0.2) is 18.3 Å². The van der Waals surface area contributed by atoms with Gasteiger partial charge in [0.15, 0.2) is 5.92 Å². The van der Waals surface area contributed by atoms with Gasteiger partial charge in [-0.15, -0.1) is 0 Å². The molecule has 1 aromatic rings. The predicted molar refractivity (Wildman–Crippen MR) is 42.2 cm³/mol. The highest BCUT2D eigenvalue weighted by molar-refractivity contribution is 5.98. The summed E-state index contributed by atoms with van der Waals surface area (Å²) in [5, 5.41) is 17.1. The Kier molecular flexibility index (Phi) is 2.76. The van der Waals surface area contributed by atoms with Gasteiger partial charge >= 0.3 is 11.9 Å². The third-order valence-corrected chi connectivity index (χ3v) is 1.54. The average molecular weight is 199 g/mol. The summed E-state index contributed by atoms with van der Waals surface area (Å²) in [5.74, 6) is -5.47. The molecule has 0 aliphatic heterocycles. The lowest BCUT2D eigenvalue weighted by Crippen LogP contribution is -2.22. The maximum atomic E-state index is 12.4. The van der Waals surface area contributed by atoms with Gasteiger partial charge in [0.1, 0.15) is 5.82 Å². The summed E-state index contributed by atoms with van der Waals surface area (Å²) in [7, 11) is 0. The Morgan fingerprint density at radius 2 is 1.86 bits per heavy atom. The minimum atomic E-state index is -1.75. The number of hydrogen-bond donors (Lipinski definition) is 2. The van der Waals surface area contributed by atoms with Crippen molar-refractivity contribution in [1.82, 2.24) is 4.98 Å². The summed E-state index contributed by atoms with van der Waals surface area (Å²) in [6.07, 6.45) is 0.772. The number of nitrogens with zero attached hydrogens (tertiary/aromatic N) is 1. The second kappa shape index (κ2) is 3.82. The zero-order valence-electron chi connectivity index (χ0n) is 6.85. The molecule has 6 heteroatoms. The highest BCUT2D eigenvalue weighted by atomic mass is 19.1. The Morgan fingerprint density at radius 1 is 1.29 bits per heavy atom. The van der Waals surface area contributed by atoms with Crippen molar-refractivity contribution in [2.75, 3.05) is 0 Å². The monoisotopic (exact) mass is 199 g/mol. The summed E-state index contributed by atoms with van der Waals surface area (Å²) in [5.41, 5.74) is -0.202. The molecule has 0 aromatic carbocycles. The SMILES string of the molecule is O=C(O)C(C(=O)O)c1ccc(F)cn1. The number of rotatable bonds is 3. The van der Waals surface area contributed by atoms with Crippen LogP contribution in [0.5, 0.6) is 0 Å². The Balaban J connectivity index is 3.06. The van der Waals surface area contributed by atoms with Crippen LogP contribution in [0.25, 0.3) is 0 Å². The Labute approximate surface area is 77.8 Å². The standard InChI is InChI=1S/C8H6FNO4/c9-4-1-2-5(10-3-4)6(7(11)12)8(13)14/h1-3,6H,(H,11,12)(H,13,14). The molecule has 1 aromatic heterocycles. The maximum Gasteiger partial charge on any atom is 0.324 e. The number of carboxylic acid groups (broad SMARTS) is 2. The van der Waals surface area contributed by atoms with Crippen molar-refractivity contribution in [1.29, 1.82) is 0 Å². The van der Waals surface area contributed by atoms with Gasteiger partial charge in [0.25, 0.3) is 0 Å². The average Bonchev–Trinajstić information content (AvgIpc) is 2.07. The molecule has 0 saturated heterocycles. The lowest BCUT2D eigenvalue weighted by Gasteiger charge is -2.05. The van der Waals surface area contributed by atoms with Gasteiger partial charge in [-0.3, -0.25) is 14.6 Å². The largest absolute Gasteiger partial charge is 0.480 e. The minimum Gasteiger partial charge on any atom is -0.480 e. The molecule has 14 heavy (non-hydrogen) atoms. The molecule has 5 nitrogen and oxygen atoms in total. The van der Waals surface area contributed by atoms with Crippen molar-refractivity contribution in [3.63, 3.8) is 0 Å².